The maximum atomic E-state index is 2.50. The van der Waals surface area contributed by atoms with Crippen LogP contribution in [-0.4, -0.2) is 6.71 Å². The zero-order chi connectivity index (χ0) is 7.47. The summed E-state index contributed by atoms with van der Waals surface area (Å²) in [6, 6.07) is 0. The molecule has 2 unspecified atom stereocenters. The predicted octanol–water partition coefficient (Wildman–Crippen LogP) is 3.22. The summed E-state index contributed by atoms with van der Waals surface area (Å²) in [4.78, 5) is 0. The Bertz CT molecular complexity index is 167. The second kappa shape index (κ2) is 1.86. The molecule has 0 nitrogen and oxygen atoms in total. The van der Waals surface area contributed by atoms with E-state index in [1.165, 1.54) is 0 Å². The molecule has 3 rings (SSSR count). The number of rotatable bonds is 0. The molecule has 0 aromatic carbocycles. The van der Waals surface area contributed by atoms with Gasteiger partial charge in [-0.25, -0.2) is 0 Å². The molecule has 3 aliphatic rings. The van der Waals surface area contributed by atoms with Gasteiger partial charge in [0.25, 0.3) is 0 Å². The van der Waals surface area contributed by atoms with Crippen molar-refractivity contribution in [2.75, 3.05) is 0 Å². The van der Waals surface area contributed by atoms with Crippen LogP contribution in [0.15, 0.2) is 0 Å². The Kier molecular flexibility index (Phi) is 1.11. The van der Waals surface area contributed by atoms with Crippen LogP contribution in [-0.2, 0) is 0 Å². The molecule has 2 atom stereocenters. The molecule has 60 valence electrons. The number of hydrogen-bond donors (Lipinski definition) is 0. The van der Waals surface area contributed by atoms with Gasteiger partial charge in [-0.15, -0.1) is 0 Å². The van der Waals surface area contributed by atoms with Gasteiger partial charge in [-0.1, -0.05) is 44.1 Å². The van der Waals surface area contributed by atoms with E-state index in [0.717, 1.165) is 23.8 Å². The first-order valence-corrected chi connectivity index (χ1v) is 5.34. The molecule has 1 heterocycles. The Morgan fingerprint density at radius 3 is 2.18 bits per heavy atom. The zero-order valence-electron chi connectivity index (χ0n) is 7.47. The van der Waals surface area contributed by atoms with Gasteiger partial charge in [0, 0.05) is 0 Å². The molecule has 0 radical (unpaired) electrons. The Morgan fingerprint density at radius 1 is 1.09 bits per heavy atom. The van der Waals surface area contributed by atoms with Gasteiger partial charge in [0.05, 0.1) is 0 Å². The molecule has 2 saturated carbocycles. The van der Waals surface area contributed by atoms with Crippen molar-refractivity contribution < 1.29 is 0 Å². The van der Waals surface area contributed by atoms with Gasteiger partial charge in [0.2, 0.25) is 0 Å². The van der Waals surface area contributed by atoms with Crippen LogP contribution in [0.3, 0.4) is 0 Å². The van der Waals surface area contributed by atoms with Crippen LogP contribution in [0.2, 0.25) is 18.5 Å². The molecule has 1 aliphatic heterocycles. The molecule has 1 saturated heterocycles. The van der Waals surface area contributed by atoms with E-state index in [0.29, 0.717) is 0 Å². The molecule has 2 aliphatic carbocycles. The number of hydrogen-bond acceptors (Lipinski definition) is 0. The summed E-state index contributed by atoms with van der Waals surface area (Å²) in [6.45, 7) is 3.60. The third-order valence-corrected chi connectivity index (χ3v) is 5.06. The van der Waals surface area contributed by atoms with Crippen LogP contribution >= 0.6 is 0 Å². The fraction of sp³-hybridized carbons (Fsp3) is 1.00. The largest absolute Gasteiger partial charge is 0.144 e. The Balaban J connectivity index is 1.95. The second-order valence-electron chi connectivity index (χ2n) is 5.09. The molecule has 1 spiro atoms. The lowest BCUT2D eigenvalue weighted by molar-refractivity contribution is 0.254. The normalized spacial score (nSPS) is 53.7. The molecule has 0 N–H and O–H groups in total. The van der Waals surface area contributed by atoms with Crippen LogP contribution < -0.4 is 0 Å². The average Bonchev–Trinajstić information content (AvgIpc) is 2.56. The summed E-state index contributed by atoms with van der Waals surface area (Å²) in [7, 11) is 0. The summed E-state index contributed by atoms with van der Waals surface area (Å²) in [5, 5.41) is 0. The van der Waals surface area contributed by atoms with Gasteiger partial charge >= 0.3 is 0 Å². The van der Waals surface area contributed by atoms with E-state index in [4.69, 9.17) is 0 Å². The molecule has 11 heavy (non-hydrogen) atoms. The molecule has 0 bridgehead atoms. The predicted molar refractivity (Wildman–Crippen MR) is 49.3 cm³/mol. The van der Waals surface area contributed by atoms with E-state index in [1.807, 2.05) is 0 Å². The van der Waals surface area contributed by atoms with Crippen LogP contribution in [0, 0.1) is 5.41 Å². The monoisotopic (exact) mass is 148 g/mol. The Hall–Kier alpha value is 0.0649. The van der Waals surface area contributed by atoms with Crippen molar-refractivity contribution in [1.29, 1.82) is 0 Å². The van der Waals surface area contributed by atoms with Gasteiger partial charge in [0.1, 0.15) is 6.71 Å². The lowest BCUT2D eigenvalue weighted by Gasteiger charge is -2.53. The topological polar surface area (TPSA) is 0 Å². The van der Waals surface area contributed by atoms with E-state index >= 15 is 0 Å². The lowest BCUT2D eigenvalue weighted by atomic mass is 9.17. The zero-order valence-corrected chi connectivity index (χ0v) is 7.47. The van der Waals surface area contributed by atoms with E-state index in [2.05, 4.69) is 6.82 Å². The Labute approximate surface area is 69.8 Å². The summed E-state index contributed by atoms with van der Waals surface area (Å²) in [5.74, 6) is 2.32. The minimum atomic E-state index is 0.916. The van der Waals surface area contributed by atoms with Gasteiger partial charge < -0.3 is 0 Å². The fourth-order valence-electron chi connectivity index (χ4n) is 4.75. The summed E-state index contributed by atoms with van der Waals surface area (Å²) < 4.78 is 0. The lowest BCUT2D eigenvalue weighted by Crippen LogP contribution is -2.48. The van der Waals surface area contributed by atoms with Crippen molar-refractivity contribution in [1.82, 2.24) is 0 Å². The van der Waals surface area contributed by atoms with Gasteiger partial charge in [0.15, 0.2) is 0 Å². The summed E-state index contributed by atoms with van der Waals surface area (Å²) >= 11 is 0. The third kappa shape index (κ3) is 0.564. The molecular formula is C10H17B. The second-order valence-corrected chi connectivity index (χ2v) is 5.09. The van der Waals surface area contributed by atoms with Crippen molar-refractivity contribution in [3.63, 3.8) is 0 Å². The van der Waals surface area contributed by atoms with Gasteiger partial charge in [-0.05, 0) is 18.3 Å². The van der Waals surface area contributed by atoms with E-state index < -0.39 is 0 Å². The highest BCUT2D eigenvalue weighted by Gasteiger charge is 2.63. The molecular weight excluding hydrogens is 131 g/mol. The smallest absolute Gasteiger partial charge is 0.0856 e. The van der Waals surface area contributed by atoms with Crippen molar-refractivity contribution >= 4 is 6.71 Å². The van der Waals surface area contributed by atoms with Gasteiger partial charge in [-0.2, -0.15) is 0 Å². The molecule has 0 amide bonds. The maximum absolute atomic E-state index is 2.50. The minimum absolute atomic E-state index is 0.916. The minimum Gasteiger partial charge on any atom is -0.0856 e. The van der Waals surface area contributed by atoms with Crippen molar-refractivity contribution in [3.05, 3.63) is 0 Å². The first kappa shape index (κ1) is 6.57. The maximum Gasteiger partial charge on any atom is 0.144 e. The van der Waals surface area contributed by atoms with Crippen LogP contribution in [0.4, 0.5) is 0 Å². The highest BCUT2D eigenvalue weighted by Crippen LogP contribution is 2.74. The molecule has 3 fully saturated rings. The van der Waals surface area contributed by atoms with E-state index in [9.17, 15) is 0 Å². The first-order chi connectivity index (χ1) is 5.34. The van der Waals surface area contributed by atoms with Crippen molar-refractivity contribution in [3.8, 4) is 0 Å². The van der Waals surface area contributed by atoms with E-state index in [-0.39, 0.29) is 0 Å². The molecule has 0 aromatic rings. The van der Waals surface area contributed by atoms with Crippen LogP contribution in [0.5, 0.6) is 0 Å². The molecule has 1 heteroatoms. The molecule has 0 aromatic heterocycles. The SMILES string of the molecule is CB1C2CCCC23CCCC13. The third-order valence-electron chi connectivity index (χ3n) is 5.06. The van der Waals surface area contributed by atoms with Gasteiger partial charge in [-0.3, -0.25) is 0 Å². The highest BCUT2D eigenvalue weighted by atomic mass is 14.6. The fourth-order valence-corrected chi connectivity index (χ4v) is 4.75. The average molecular weight is 148 g/mol. The van der Waals surface area contributed by atoms with Crippen LogP contribution in [0.25, 0.3) is 0 Å². The Morgan fingerprint density at radius 2 is 1.64 bits per heavy atom. The highest BCUT2D eigenvalue weighted by molar-refractivity contribution is 6.65. The first-order valence-electron chi connectivity index (χ1n) is 5.34. The summed E-state index contributed by atoms with van der Waals surface area (Å²) in [6.07, 6.45) is 9.41. The van der Waals surface area contributed by atoms with Crippen molar-refractivity contribution in [2.24, 2.45) is 5.41 Å². The van der Waals surface area contributed by atoms with Crippen molar-refractivity contribution in [2.45, 2.75) is 57.0 Å². The quantitative estimate of drug-likeness (QED) is 0.462. The van der Waals surface area contributed by atoms with E-state index in [1.54, 1.807) is 38.5 Å². The summed E-state index contributed by atoms with van der Waals surface area (Å²) in [5.41, 5.74) is 0.916. The standard InChI is InChI=1S/C10H17B/c1-11-8-4-2-6-10(8)7-3-5-9(10)11/h8-9H,2-7H2,1H3. The van der Waals surface area contributed by atoms with Crippen LogP contribution in [0.1, 0.15) is 38.5 Å².